The second-order valence-corrected chi connectivity index (χ2v) is 5.30. The molecule has 1 aromatic carbocycles. The third-order valence-corrected chi connectivity index (χ3v) is 3.62. The van der Waals surface area contributed by atoms with Gasteiger partial charge in [-0.05, 0) is 30.9 Å². The minimum Gasteiger partial charge on any atom is -0.338 e. The van der Waals surface area contributed by atoms with Gasteiger partial charge in [0.1, 0.15) is 0 Å². The largest absolute Gasteiger partial charge is 0.338 e. The van der Waals surface area contributed by atoms with Crippen molar-refractivity contribution in [2.75, 3.05) is 4.90 Å². The topological polar surface area (TPSA) is 3.24 Å². The summed E-state index contributed by atoms with van der Waals surface area (Å²) in [5, 5.41) is 0. The van der Waals surface area contributed by atoms with Gasteiger partial charge in [-0.1, -0.05) is 62.1 Å². The SMILES string of the molecule is C=CC(C)CC(=C)N(c1ccccc1)C1C=CC=CC1. The Hall–Kier alpha value is -2.02. The van der Waals surface area contributed by atoms with E-state index in [9.17, 15) is 0 Å². The average molecular weight is 265 g/mol. The molecule has 104 valence electrons. The predicted octanol–water partition coefficient (Wildman–Crippen LogP) is 5.10. The van der Waals surface area contributed by atoms with Crippen molar-refractivity contribution < 1.29 is 0 Å². The molecule has 1 aliphatic rings. The molecule has 0 amide bonds. The van der Waals surface area contributed by atoms with Gasteiger partial charge in [-0.15, -0.1) is 6.58 Å². The van der Waals surface area contributed by atoms with E-state index in [0.29, 0.717) is 12.0 Å². The average Bonchev–Trinajstić information content (AvgIpc) is 2.49. The van der Waals surface area contributed by atoms with E-state index in [-0.39, 0.29) is 0 Å². The summed E-state index contributed by atoms with van der Waals surface area (Å²) in [6.07, 6.45) is 12.6. The smallest absolute Gasteiger partial charge is 0.0556 e. The number of allylic oxidation sites excluding steroid dienone is 4. The Morgan fingerprint density at radius 2 is 2.10 bits per heavy atom. The van der Waals surface area contributed by atoms with Gasteiger partial charge in [0.25, 0.3) is 0 Å². The Balaban J connectivity index is 2.24. The molecule has 0 heterocycles. The van der Waals surface area contributed by atoms with Gasteiger partial charge in [0.15, 0.2) is 0 Å². The molecular weight excluding hydrogens is 242 g/mol. The van der Waals surface area contributed by atoms with Crippen LogP contribution in [-0.2, 0) is 0 Å². The Morgan fingerprint density at radius 3 is 2.70 bits per heavy atom. The van der Waals surface area contributed by atoms with Crippen molar-refractivity contribution in [1.29, 1.82) is 0 Å². The van der Waals surface area contributed by atoms with Crippen LogP contribution in [0, 0.1) is 5.92 Å². The summed E-state index contributed by atoms with van der Waals surface area (Å²) in [6, 6.07) is 10.9. The highest BCUT2D eigenvalue weighted by Gasteiger charge is 2.20. The van der Waals surface area contributed by atoms with Gasteiger partial charge in [0, 0.05) is 11.4 Å². The number of anilines is 1. The Morgan fingerprint density at radius 1 is 1.35 bits per heavy atom. The van der Waals surface area contributed by atoms with Crippen LogP contribution >= 0.6 is 0 Å². The van der Waals surface area contributed by atoms with Crippen molar-refractivity contribution in [2.24, 2.45) is 5.92 Å². The molecule has 0 N–H and O–H groups in total. The first kappa shape index (κ1) is 14.4. The molecule has 0 saturated carbocycles. The van der Waals surface area contributed by atoms with Crippen molar-refractivity contribution in [3.8, 4) is 0 Å². The lowest BCUT2D eigenvalue weighted by atomic mass is 10.0. The zero-order valence-electron chi connectivity index (χ0n) is 12.2. The monoisotopic (exact) mass is 265 g/mol. The van der Waals surface area contributed by atoms with Crippen LogP contribution < -0.4 is 4.90 Å². The molecule has 2 rings (SSSR count). The second kappa shape index (κ2) is 6.95. The third kappa shape index (κ3) is 3.51. The normalized spacial score (nSPS) is 18.6. The first-order valence-electron chi connectivity index (χ1n) is 7.20. The quantitative estimate of drug-likeness (QED) is 0.646. The predicted molar refractivity (Wildman–Crippen MR) is 88.7 cm³/mol. The number of hydrogen-bond acceptors (Lipinski definition) is 1. The van der Waals surface area contributed by atoms with Gasteiger partial charge >= 0.3 is 0 Å². The van der Waals surface area contributed by atoms with Gasteiger partial charge in [-0.3, -0.25) is 0 Å². The zero-order chi connectivity index (χ0) is 14.4. The van der Waals surface area contributed by atoms with Crippen LogP contribution in [0.2, 0.25) is 0 Å². The van der Waals surface area contributed by atoms with Crippen LogP contribution in [0.4, 0.5) is 5.69 Å². The van der Waals surface area contributed by atoms with Crippen molar-refractivity contribution in [3.63, 3.8) is 0 Å². The number of rotatable bonds is 6. The van der Waals surface area contributed by atoms with E-state index in [1.807, 2.05) is 12.1 Å². The third-order valence-electron chi connectivity index (χ3n) is 3.62. The molecule has 2 atom stereocenters. The number of nitrogens with zero attached hydrogens (tertiary/aromatic N) is 1. The molecule has 1 heteroatoms. The number of benzene rings is 1. The molecule has 0 aliphatic heterocycles. The van der Waals surface area contributed by atoms with E-state index in [1.165, 1.54) is 5.69 Å². The summed E-state index contributed by atoms with van der Waals surface area (Å²) in [7, 11) is 0. The van der Waals surface area contributed by atoms with Gasteiger partial charge in [0.2, 0.25) is 0 Å². The summed E-state index contributed by atoms with van der Waals surface area (Å²) in [4.78, 5) is 2.35. The summed E-state index contributed by atoms with van der Waals surface area (Å²) >= 11 is 0. The number of hydrogen-bond donors (Lipinski definition) is 0. The van der Waals surface area contributed by atoms with Crippen LogP contribution in [0.1, 0.15) is 19.8 Å². The first-order valence-corrected chi connectivity index (χ1v) is 7.20. The zero-order valence-corrected chi connectivity index (χ0v) is 12.2. The Labute approximate surface area is 122 Å². The molecule has 0 saturated heterocycles. The lowest BCUT2D eigenvalue weighted by Crippen LogP contribution is -2.33. The van der Waals surface area contributed by atoms with Gasteiger partial charge in [-0.25, -0.2) is 0 Å². The van der Waals surface area contributed by atoms with E-state index >= 15 is 0 Å². The fourth-order valence-corrected chi connectivity index (χ4v) is 2.51. The molecule has 1 aliphatic carbocycles. The molecule has 0 fully saturated rings. The highest BCUT2D eigenvalue weighted by molar-refractivity contribution is 5.54. The van der Waals surface area contributed by atoms with Gasteiger partial charge in [0.05, 0.1) is 6.04 Å². The molecule has 0 bridgehead atoms. The van der Waals surface area contributed by atoms with E-state index in [1.54, 1.807) is 0 Å². The fourth-order valence-electron chi connectivity index (χ4n) is 2.51. The van der Waals surface area contributed by atoms with Crippen LogP contribution in [0.5, 0.6) is 0 Å². The first-order chi connectivity index (χ1) is 9.72. The summed E-state index contributed by atoms with van der Waals surface area (Å²) < 4.78 is 0. The molecule has 1 nitrogen and oxygen atoms in total. The van der Waals surface area contributed by atoms with Crippen molar-refractivity contribution in [2.45, 2.75) is 25.8 Å². The fraction of sp³-hybridized carbons (Fsp3) is 0.263. The Kier molecular flexibility index (Phi) is 5.00. The van der Waals surface area contributed by atoms with Gasteiger partial charge in [-0.2, -0.15) is 0 Å². The summed E-state index contributed by atoms with van der Waals surface area (Å²) in [6.45, 7) is 10.4. The lowest BCUT2D eigenvalue weighted by Gasteiger charge is -2.34. The minimum absolute atomic E-state index is 0.354. The van der Waals surface area contributed by atoms with Crippen LogP contribution in [-0.4, -0.2) is 6.04 Å². The molecule has 1 aromatic rings. The molecule has 2 unspecified atom stereocenters. The maximum absolute atomic E-state index is 4.31. The minimum atomic E-state index is 0.354. The van der Waals surface area contributed by atoms with Gasteiger partial charge < -0.3 is 4.90 Å². The van der Waals surface area contributed by atoms with Crippen LogP contribution in [0.3, 0.4) is 0 Å². The van der Waals surface area contributed by atoms with Crippen LogP contribution in [0.15, 0.2) is 79.6 Å². The molecule has 0 spiro atoms. The van der Waals surface area contributed by atoms with Crippen molar-refractivity contribution in [1.82, 2.24) is 0 Å². The number of para-hydroxylation sites is 1. The van der Waals surface area contributed by atoms with E-state index in [0.717, 1.165) is 18.5 Å². The van der Waals surface area contributed by atoms with Crippen LogP contribution in [0.25, 0.3) is 0 Å². The molecular formula is C19H23N. The highest BCUT2D eigenvalue weighted by atomic mass is 15.2. The van der Waals surface area contributed by atoms with E-state index in [2.05, 4.69) is 73.6 Å². The standard InChI is InChI=1S/C19H23N/c1-4-16(2)15-17(3)20(18-11-7-5-8-12-18)19-13-9-6-10-14-19/h4-13,16,19H,1,3,14-15H2,2H3. The summed E-state index contributed by atoms with van der Waals surface area (Å²) in [5.74, 6) is 0.442. The maximum Gasteiger partial charge on any atom is 0.0556 e. The van der Waals surface area contributed by atoms with E-state index < -0.39 is 0 Å². The Bertz CT molecular complexity index is 510. The molecule has 0 radical (unpaired) electrons. The van der Waals surface area contributed by atoms with E-state index in [4.69, 9.17) is 0 Å². The maximum atomic E-state index is 4.31. The lowest BCUT2D eigenvalue weighted by molar-refractivity contribution is 0.658. The van der Waals surface area contributed by atoms with Crippen molar-refractivity contribution in [3.05, 3.63) is 79.6 Å². The summed E-state index contributed by atoms with van der Waals surface area (Å²) in [5.41, 5.74) is 2.35. The highest BCUT2D eigenvalue weighted by Crippen LogP contribution is 2.28. The molecule has 20 heavy (non-hydrogen) atoms. The molecule has 0 aromatic heterocycles. The van der Waals surface area contributed by atoms with Crippen molar-refractivity contribution >= 4 is 5.69 Å². The second-order valence-electron chi connectivity index (χ2n) is 5.30.